The van der Waals surface area contributed by atoms with Crippen molar-refractivity contribution >= 4 is 17.0 Å². The first-order valence-corrected chi connectivity index (χ1v) is 9.93. The second-order valence-electron chi connectivity index (χ2n) is 7.58. The van der Waals surface area contributed by atoms with Crippen molar-refractivity contribution in [1.82, 2.24) is 29.7 Å². The van der Waals surface area contributed by atoms with Crippen molar-refractivity contribution in [2.75, 3.05) is 12.4 Å². The van der Waals surface area contributed by atoms with Crippen LogP contribution in [0.4, 0.5) is 5.82 Å². The molecule has 0 aromatic carbocycles. The summed E-state index contributed by atoms with van der Waals surface area (Å²) in [5, 5.41) is 28.4. The maximum atomic E-state index is 10.6. The molecule has 3 aromatic heterocycles. The van der Waals surface area contributed by atoms with Crippen LogP contribution in [0.2, 0.25) is 0 Å². The van der Waals surface area contributed by atoms with E-state index < -0.39 is 24.5 Å². The van der Waals surface area contributed by atoms with Gasteiger partial charge in [0.05, 0.1) is 6.33 Å². The summed E-state index contributed by atoms with van der Waals surface area (Å²) in [6.45, 7) is 0.165. The molecule has 3 aromatic rings. The van der Waals surface area contributed by atoms with Crippen LogP contribution in [0, 0.1) is 0 Å². The number of aliphatic hydroxyl groups is 2. The standard InChI is InChI=1S/C18H23N7O5/c1-28-6-10-23-17(30-24-10)14-12(26)13(27)18(29-14)25-8-21-11-15(19-7-20-16(11)25)22-9-4-2-3-5-9/h7-9,12-14,18,26-27H,2-6H2,1H3,(H,19,20,22)/t12-,13+,14-,18+/m0/s1. The van der Waals surface area contributed by atoms with Gasteiger partial charge >= 0.3 is 0 Å². The first-order valence-electron chi connectivity index (χ1n) is 9.93. The molecule has 3 N–H and O–H groups in total. The Kier molecular flexibility index (Phi) is 5.06. The van der Waals surface area contributed by atoms with Crippen LogP contribution in [0.25, 0.3) is 11.2 Å². The zero-order chi connectivity index (χ0) is 20.7. The Hall–Kier alpha value is -2.67. The monoisotopic (exact) mass is 417 g/mol. The molecule has 0 amide bonds. The molecule has 4 heterocycles. The number of hydrogen-bond donors (Lipinski definition) is 3. The molecule has 12 heteroatoms. The minimum atomic E-state index is -1.26. The Bertz CT molecular complexity index is 1020. The van der Waals surface area contributed by atoms with Crippen LogP contribution in [0.3, 0.4) is 0 Å². The fraction of sp³-hybridized carbons (Fsp3) is 0.611. The van der Waals surface area contributed by atoms with E-state index in [0.717, 1.165) is 12.8 Å². The fourth-order valence-corrected chi connectivity index (χ4v) is 4.07. The second-order valence-corrected chi connectivity index (χ2v) is 7.58. The Balaban J connectivity index is 1.42. The molecular weight excluding hydrogens is 394 g/mol. The quantitative estimate of drug-likeness (QED) is 0.519. The molecule has 1 saturated heterocycles. The molecule has 160 valence electrons. The van der Waals surface area contributed by atoms with E-state index in [1.54, 1.807) is 4.57 Å². The highest BCUT2D eigenvalue weighted by Gasteiger charge is 2.47. The molecule has 1 saturated carbocycles. The number of methoxy groups -OCH3 is 1. The number of rotatable bonds is 6. The van der Waals surface area contributed by atoms with E-state index in [-0.39, 0.29) is 12.5 Å². The maximum Gasteiger partial charge on any atom is 0.258 e. The number of aromatic nitrogens is 6. The van der Waals surface area contributed by atoms with Crippen LogP contribution in [-0.2, 0) is 16.1 Å². The van der Waals surface area contributed by atoms with E-state index in [1.807, 2.05) is 0 Å². The third kappa shape index (κ3) is 3.31. The van der Waals surface area contributed by atoms with Crippen molar-refractivity contribution < 1.29 is 24.2 Å². The molecule has 1 aliphatic heterocycles. The minimum Gasteiger partial charge on any atom is -0.387 e. The molecule has 4 atom stereocenters. The van der Waals surface area contributed by atoms with Crippen molar-refractivity contribution in [2.24, 2.45) is 0 Å². The molecule has 2 fully saturated rings. The van der Waals surface area contributed by atoms with Gasteiger partial charge in [0.15, 0.2) is 35.1 Å². The molecule has 30 heavy (non-hydrogen) atoms. The van der Waals surface area contributed by atoms with Crippen molar-refractivity contribution in [1.29, 1.82) is 0 Å². The summed E-state index contributed by atoms with van der Waals surface area (Å²) < 4.78 is 17.6. The highest BCUT2D eigenvalue weighted by atomic mass is 16.6. The summed E-state index contributed by atoms with van der Waals surface area (Å²) in [6, 6.07) is 0.367. The van der Waals surface area contributed by atoms with Gasteiger partial charge in [-0.15, -0.1) is 0 Å². The van der Waals surface area contributed by atoms with Crippen LogP contribution < -0.4 is 5.32 Å². The lowest BCUT2D eigenvalue weighted by molar-refractivity contribution is -0.0451. The largest absolute Gasteiger partial charge is 0.387 e. The van der Waals surface area contributed by atoms with Crippen molar-refractivity contribution in [2.45, 2.75) is 62.9 Å². The smallest absolute Gasteiger partial charge is 0.258 e. The Labute approximate surface area is 171 Å². The summed E-state index contributed by atoms with van der Waals surface area (Å²) in [7, 11) is 1.51. The molecule has 0 unspecified atom stereocenters. The van der Waals surface area contributed by atoms with Crippen LogP contribution >= 0.6 is 0 Å². The van der Waals surface area contributed by atoms with E-state index in [4.69, 9.17) is 14.0 Å². The van der Waals surface area contributed by atoms with Gasteiger partial charge in [0, 0.05) is 13.2 Å². The number of nitrogens with zero attached hydrogens (tertiary/aromatic N) is 6. The van der Waals surface area contributed by atoms with Gasteiger partial charge in [0.2, 0.25) is 0 Å². The number of ether oxygens (including phenoxy) is 2. The van der Waals surface area contributed by atoms with Gasteiger partial charge in [-0.05, 0) is 12.8 Å². The molecule has 5 rings (SSSR count). The van der Waals surface area contributed by atoms with Gasteiger partial charge in [-0.25, -0.2) is 15.0 Å². The zero-order valence-corrected chi connectivity index (χ0v) is 16.4. The predicted molar refractivity (Wildman–Crippen MR) is 101 cm³/mol. The van der Waals surface area contributed by atoms with Gasteiger partial charge in [-0.2, -0.15) is 4.98 Å². The molecule has 1 aliphatic carbocycles. The fourth-order valence-electron chi connectivity index (χ4n) is 4.07. The van der Waals surface area contributed by atoms with Crippen molar-refractivity contribution in [3.63, 3.8) is 0 Å². The average Bonchev–Trinajstić information content (AvgIpc) is 3.52. The van der Waals surface area contributed by atoms with E-state index in [2.05, 4.69) is 30.4 Å². The summed E-state index contributed by atoms with van der Waals surface area (Å²) in [5.41, 5.74) is 1.08. The van der Waals surface area contributed by atoms with Crippen molar-refractivity contribution in [3.05, 3.63) is 24.4 Å². The number of fused-ring (bicyclic) bond motifs is 1. The van der Waals surface area contributed by atoms with Crippen LogP contribution in [0.1, 0.15) is 49.7 Å². The van der Waals surface area contributed by atoms with E-state index in [1.165, 1.54) is 32.6 Å². The van der Waals surface area contributed by atoms with Gasteiger partial charge in [0.25, 0.3) is 5.89 Å². The zero-order valence-electron chi connectivity index (χ0n) is 16.4. The normalized spacial score (nSPS) is 27.3. The Morgan fingerprint density at radius 2 is 2.03 bits per heavy atom. The molecule has 2 aliphatic rings. The lowest BCUT2D eigenvalue weighted by Gasteiger charge is -2.16. The van der Waals surface area contributed by atoms with E-state index in [9.17, 15) is 10.2 Å². The highest BCUT2D eigenvalue weighted by Crippen LogP contribution is 2.39. The lowest BCUT2D eigenvalue weighted by atomic mass is 10.1. The maximum absolute atomic E-state index is 10.6. The van der Waals surface area contributed by atoms with Gasteiger partial charge in [0.1, 0.15) is 25.1 Å². The molecular formula is C18H23N7O5. The third-order valence-corrected chi connectivity index (χ3v) is 5.57. The number of anilines is 1. The van der Waals surface area contributed by atoms with E-state index in [0.29, 0.717) is 28.8 Å². The SMILES string of the molecule is COCc1noc([C@H]2O[C@@H](n3cnc4c(NC5CCCC5)ncnc43)[C@H](O)[C@@H]2O)n1. The number of imidazole rings is 1. The molecule has 0 bridgehead atoms. The van der Waals surface area contributed by atoms with Gasteiger partial charge < -0.3 is 29.5 Å². The summed E-state index contributed by atoms with van der Waals surface area (Å²) in [4.78, 5) is 17.2. The molecule has 0 spiro atoms. The molecule has 12 nitrogen and oxygen atoms in total. The molecule has 0 radical (unpaired) electrons. The highest BCUT2D eigenvalue weighted by molar-refractivity contribution is 5.82. The first-order chi connectivity index (χ1) is 14.7. The van der Waals surface area contributed by atoms with Crippen molar-refractivity contribution in [3.8, 4) is 0 Å². The topological polar surface area (TPSA) is 153 Å². The Morgan fingerprint density at radius 3 is 2.83 bits per heavy atom. The lowest BCUT2D eigenvalue weighted by Crippen LogP contribution is -2.29. The summed E-state index contributed by atoms with van der Waals surface area (Å²) in [6.07, 6.45) is 3.13. The average molecular weight is 417 g/mol. The van der Waals surface area contributed by atoms with Crippen LogP contribution in [0.5, 0.6) is 0 Å². The summed E-state index contributed by atoms with van der Waals surface area (Å²) >= 11 is 0. The van der Waals surface area contributed by atoms with Gasteiger partial charge in [-0.3, -0.25) is 4.57 Å². The summed E-state index contributed by atoms with van der Waals surface area (Å²) in [5.74, 6) is 1.04. The second kappa shape index (κ2) is 7.87. The minimum absolute atomic E-state index is 0.0683. The first kappa shape index (κ1) is 19.3. The number of aliphatic hydroxyl groups excluding tert-OH is 2. The van der Waals surface area contributed by atoms with Crippen LogP contribution in [-0.4, -0.2) is 65.2 Å². The predicted octanol–water partition coefficient (Wildman–Crippen LogP) is 0.702. The van der Waals surface area contributed by atoms with Crippen LogP contribution in [0.15, 0.2) is 17.2 Å². The third-order valence-electron chi connectivity index (χ3n) is 5.57. The Morgan fingerprint density at radius 1 is 1.20 bits per heavy atom. The van der Waals surface area contributed by atoms with Gasteiger partial charge in [-0.1, -0.05) is 18.0 Å². The number of nitrogens with one attached hydrogen (secondary N) is 1. The number of hydrogen-bond acceptors (Lipinski definition) is 11. The van der Waals surface area contributed by atoms with E-state index >= 15 is 0 Å².